The molecule has 0 amide bonds. The first-order chi connectivity index (χ1) is 7.82. The summed E-state index contributed by atoms with van der Waals surface area (Å²) in [7, 11) is 0. The molecular formula is C14H18O2. The van der Waals surface area contributed by atoms with Gasteiger partial charge in [0.1, 0.15) is 11.7 Å². The van der Waals surface area contributed by atoms with E-state index in [1.807, 2.05) is 30.3 Å². The molecule has 0 radical (unpaired) electrons. The van der Waals surface area contributed by atoms with E-state index in [0.29, 0.717) is 12.5 Å². The minimum Gasteiger partial charge on any atom is -0.382 e. The third-order valence-corrected chi connectivity index (χ3v) is 4.04. The van der Waals surface area contributed by atoms with Gasteiger partial charge in [-0.2, -0.15) is 0 Å². The summed E-state index contributed by atoms with van der Waals surface area (Å²) in [5.41, 5.74) is 0.294. The molecule has 1 heterocycles. The fraction of sp³-hybridized carbons (Fsp3) is 0.571. The second kappa shape index (κ2) is 3.86. The molecule has 2 fully saturated rings. The molecule has 2 atom stereocenters. The molecule has 1 saturated carbocycles. The molecule has 16 heavy (non-hydrogen) atoms. The summed E-state index contributed by atoms with van der Waals surface area (Å²) in [5.74, 6) is 0.377. The second-order valence-corrected chi connectivity index (χ2v) is 4.99. The van der Waals surface area contributed by atoms with E-state index in [-0.39, 0.29) is 6.10 Å². The summed E-state index contributed by atoms with van der Waals surface area (Å²) in [6.45, 7) is 0.710. The fourth-order valence-electron chi connectivity index (χ4n) is 3.06. The lowest BCUT2D eigenvalue weighted by atomic mass is 9.78. The van der Waals surface area contributed by atoms with Gasteiger partial charge < -0.3 is 9.84 Å². The Bertz CT molecular complexity index is 352. The lowest BCUT2D eigenvalue weighted by molar-refractivity contribution is -0.0459. The van der Waals surface area contributed by atoms with Crippen LogP contribution in [0.2, 0.25) is 0 Å². The monoisotopic (exact) mass is 218 g/mol. The zero-order chi connectivity index (χ0) is 11.0. The molecule has 1 N–H and O–H groups in total. The first kappa shape index (κ1) is 10.3. The summed E-state index contributed by atoms with van der Waals surface area (Å²) in [4.78, 5) is 0. The Morgan fingerprint density at radius 2 is 1.75 bits per heavy atom. The van der Waals surface area contributed by atoms with Crippen molar-refractivity contribution >= 4 is 0 Å². The Morgan fingerprint density at radius 1 is 1.12 bits per heavy atom. The highest BCUT2D eigenvalue weighted by atomic mass is 16.6. The van der Waals surface area contributed by atoms with Gasteiger partial charge in [-0.15, -0.1) is 0 Å². The largest absolute Gasteiger partial charge is 0.382 e. The standard InChI is InChI=1S/C14H18O2/c15-14(13-10-16-13,12-8-4-5-9-12)11-6-2-1-3-7-11/h1-3,6-7,12-13,15H,4-5,8-10H2. The molecule has 2 unspecified atom stereocenters. The Kier molecular flexibility index (Phi) is 2.49. The van der Waals surface area contributed by atoms with Crippen LogP contribution in [0.25, 0.3) is 0 Å². The fourth-order valence-corrected chi connectivity index (χ4v) is 3.06. The number of hydrogen-bond acceptors (Lipinski definition) is 2. The van der Waals surface area contributed by atoms with Crippen LogP contribution in [0.1, 0.15) is 31.2 Å². The van der Waals surface area contributed by atoms with E-state index < -0.39 is 5.60 Å². The van der Waals surface area contributed by atoms with E-state index in [1.54, 1.807) is 0 Å². The third kappa shape index (κ3) is 1.57. The smallest absolute Gasteiger partial charge is 0.121 e. The molecule has 2 nitrogen and oxygen atoms in total. The number of rotatable bonds is 3. The lowest BCUT2D eigenvalue weighted by Gasteiger charge is -2.33. The van der Waals surface area contributed by atoms with Gasteiger partial charge in [0.05, 0.1) is 6.61 Å². The van der Waals surface area contributed by atoms with Crippen LogP contribution in [-0.2, 0) is 10.3 Å². The van der Waals surface area contributed by atoms with Gasteiger partial charge in [-0.3, -0.25) is 0 Å². The minimum absolute atomic E-state index is 0.0259. The van der Waals surface area contributed by atoms with Crippen LogP contribution in [0.4, 0.5) is 0 Å². The lowest BCUT2D eigenvalue weighted by Crippen LogP contribution is -2.39. The maximum Gasteiger partial charge on any atom is 0.121 e. The van der Waals surface area contributed by atoms with Crippen molar-refractivity contribution in [1.29, 1.82) is 0 Å². The molecule has 2 aliphatic rings. The average Bonchev–Trinajstić information content (AvgIpc) is 3.05. The number of benzene rings is 1. The summed E-state index contributed by atoms with van der Waals surface area (Å²) < 4.78 is 5.39. The van der Waals surface area contributed by atoms with Gasteiger partial charge in [0, 0.05) is 0 Å². The topological polar surface area (TPSA) is 32.8 Å². The van der Waals surface area contributed by atoms with Crippen molar-refractivity contribution < 1.29 is 9.84 Å². The second-order valence-electron chi connectivity index (χ2n) is 4.99. The molecule has 1 aromatic carbocycles. The molecular weight excluding hydrogens is 200 g/mol. The van der Waals surface area contributed by atoms with E-state index in [9.17, 15) is 5.11 Å². The van der Waals surface area contributed by atoms with Crippen molar-refractivity contribution in [2.24, 2.45) is 5.92 Å². The van der Waals surface area contributed by atoms with E-state index >= 15 is 0 Å². The molecule has 1 aliphatic heterocycles. The molecule has 0 aromatic heterocycles. The zero-order valence-electron chi connectivity index (χ0n) is 9.43. The van der Waals surface area contributed by atoms with Gasteiger partial charge >= 0.3 is 0 Å². The normalized spacial score (nSPS) is 28.9. The first-order valence-corrected chi connectivity index (χ1v) is 6.21. The van der Waals surface area contributed by atoms with Crippen LogP contribution >= 0.6 is 0 Å². The number of aliphatic hydroxyl groups is 1. The van der Waals surface area contributed by atoms with Crippen molar-refractivity contribution in [2.75, 3.05) is 6.61 Å². The minimum atomic E-state index is -0.738. The molecule has 3 rings (SSSR count). The number of hydrogen-bond donors (Lipinski definition) is 1. The van der Waals surface area contributed by atoms with Gasteiger partial charge in [-0.1, -0.05) is 43.2 Å². The van der Waals surface area contributed by atoms with Gasteiger partial charge in [-0.25, -0.2) is 0 Å². The molecule has 86 valence electrons. The van der Waals surface area contributed by atoms with Crippen molar-refractivity contribution in [3.63, 3.8) is 0 Å². The van der Waals surface area contributed by atoms with Crippen LogP contribution in [0.5, 0.6) is 0 Å². The highest BCUT2D eigenvalue weighted by molar-refractivity contribution is 5.26. The van der Waals surface area contributed by atoms with Crippen molar-refractivity contribution in [2.45, 2.75) is 37.4 Å². The molecule has 1 aromatic rings. The first-order valence-electron chi connectivity index (χ1n) is 6.21. The van der Waals surface area contributed by atoms with Crippen LogP contribution in [0, 0.1) is 5.92 Å². The van der Waals surface area contributed by atoms with E-state index in [0.717, 1.165) is 18.4 Å². The molecule has 0 spiro atoms. The quantitative estimate of drug-likeness (QED) is 0.790. The van der Waals surface area contributed by atoms with Crippen molar-refractivity contribution in [1.82, 2.24) is 0 Å². The van der Waals surface area contributed by atoms with E-state index in [4.69, 9.17) is 4.74 Å². The SMILES string of the molecule is OC(c1ccccc1)(C1CCCC1)C1CO1. The third-order valence-electron chi connectivity index (χ3n) is 4.04. The molecule has 1 aliphatic carbocycles. The van der Waals surface area contributed by atoms with E-state index in [1.165, 1.54) is 12.8 Å². The predicted octanol–water partition coefficient (Wildman–Crippen LogP) is 2.46. The van der Waals surface area contributed by atoms with E-state index in [2.05, 4.69) is 0 Å². The summed E-state index contributed by atoms with van der Waals surface area (Å²) in [6, 6.07) is 10.0. The van der Waals surface area contributed by atoms with Crippen LogP contribution in [0.15, 0.2) is 30.3 Å². The van der Waals surface area contributed by atoms with Crippen molar-refractivity contribution in [3.05, 3.63) is 35.9 Å². The Labute approximate surface area is 96.2 Å². The molecule has 2 heteroatoms. The highest BCUT2D eigenvalue weighted by Crippen LogP contribution is 2.46. The predicted molar refractivity (Wildman–Crippen MR) is 62.0 cm³/mol. The maximum atomic E-state index is 11.0. The maximum absolute atomic E-state index is 11.0. The highest BCUT2D eigenvalue weighted by Gasteiger charge is 2.52. The Hall–Kier alpha value is -0.860. The summed E-state index contributed by atoms with van der Waals surface area (Å²) in [6.07, 6.45) is 4.77. The van der Waals surface area contributed by atoms with Crippen LogP contribution in [-0.4, -0.2) is 17.8 Å². The zero-order valence-corrected chi connectivity index (χ0v) is 9.43. The number of ether oxygens (including phenoxy) is 1. The molecule has 0 bridgehead atoms. The summed E-state index contributed by atoms with van der Waals surface area (Å²) >= 11 is 0. The van der Waals surface area contributed by atoms with Crippen LogP contribution < -0.4 is 0 Å². The Balaban J connectivity index is 1.95. The Morgan fingerprint density at radius 3 is 2.31 bits per heavy atom. The van der Waals surface area contributed by atoms with Crippen molar-refractivity contribution in [3.8, 4) is 0 Å². The van der Waals surface area contributed by atoms with Gasteiger partial charge in [0.15, 0.2) is 0 Å². The van der Waals surface area contributed by atoms with Gasteiger partial charge in [0.25, 0.3) is 0 Å². The molecule has 1 saturated heterocycles. The van der Waals surface area contributed by atoms with Gasteiger partial charge in [0.2, 0.25) is 0 Å². The number of epoxide rings is 1. The van der Waals surface area contributed by atoms with Gasteiger partial charge in [-0.05, 0) is 24.3 Å². The van der Waals surface area contributed by atoms with Crippen LogP contribution in [0.3, 0.4) is 0 Å². The average molecular weight is 218 g/mol. The summed E-state index contributed by atoms with van der Waals surface area (Å²) in [5, 5.41) is 11.0.